The number of para-hydroxylation sites is 1. The number of benzene rings is 1. The molecule has 0 saturated carbocycles. The van der Waals surface area contributed by atoms with Crippen molar-refractivity contribution < 1.29 is 13.9 Å². The fourth-order valence-electron chi connectivity index (χ4n) is 2.56. The van der Waals surface area contributed by atoms with Gasteiger partial charge in [-0.3, -0.25) is 0 Å². The summed E-state index contributed by atoms with van der Waals surface area (Å²) in [6.45, 7) is 2.14. The van der Waals surface area contributed by atoms with Gasteiger partial charge < -0.3 is 19.9 Å². The van der Waals surface area contributed by atoms with Gasteiger partial charge in [-0.25, -0.2) is 19.2 Å². The van der Waals surface area contributed by atoms with Crippen molar-refractivity contribution in [3.63, 3.8) is 0 Å². The average molecular weight is 366 g/mol. The van der Waals surface area contributed by atoms with E-state index in [-0.39, 0.29) is 16.7 Å². The standard InChI is InChI=1S/C16H17ClFN5O2/c1-25-14-9-13(19-10-20-14)22-5-7-23(8-6-22)16(24)21-15-11(17)3-2-4-12(15)18/h2-4,9-10H,5-8H2,1H3,(H,21,24). The van der Waals surface area contributed by atoms with Gasteiger partial charge >= 0.3 is 6.03 Å². The van der Waals surface area contributed by atoms with E-state index in [0.29, 0.717) is 32.1 Å². The number of urea groups is 1. The van der Waals surface area contributed by atoms with Gasteiger partial charge in [-0.2, -0.15) is 0 Å². The Morgan fingerprint density at radius 2 is 2.04 bits per heavy atom. The average Bonchev–Trinajstić information content (AvgIpc) is 2.65. The van der Waals surface area contributed by atoms with Crippen LogP contribution in [0.3, 0.4) is 0 Å². The van der Waals surface area contributed by atoms with Gasteiger partial charge in [-0.1, -0.05) is 17.7 Å². The third kappa shape index (κ3) is 3.90. The van der Waals surface area contributed by atoms with Crippen molar-refractivity contribution in [2.45, 2.75) is 0 Å². The molecule has 1 aromatic carbocycles. The molecule has 1 saturated heterocycles. The van der Waals surface area contributed by atoms with Crippen molar-refractivity contribution in [1.82, 2.24) is 14.9 Å². The number of nitrogens with one attached hydrogen (secondary N) is 1. The topological polar surface area (TPSA) is 70.6 Å². The molecule has 0 unspecified atom stereocenters. The summed E-state index contributed by atoms with van der Waals surface area (Å²) in [5.41, 5.74) is -0.00265. The van der Waals surface area contributed by atoms with Gasteiger partial charge in [0.05, 0.1) is 17.8 Å². The summed E-state index contributed by atoms with van der Waals surface area (Å²) in [4.78, 5) is 24.2. The zero-order valence-corrected chi connectivity index (χ0v) is 14.3. The molecule has 1 aliphatic rings. The van der Waals surface area contributed by atoms with Crippen molar-refractivity contribution in [3.05, 3.63) is 41.4 Å². The van der Waals surface area contributed by atoms with Gasteiger partial charge in [0.15, 0.2) is 0 Å². The monoisotopic (exact) mass is 365 g/mol. The van der Waals surface area contributed by atoms with Crippen LogP contribution in [0.15, 0.2) is 30.6 Å². The first-order valence-corrected chi connectivity index (χ1v) is 8.07. The second-order valence-electron chi connectivity index (χ2n) is 5.42. The lowest BCUT2D eigenvalue weighted by Crippen LogP contribution is -2.50. The number of hydrogen-bond acceptors (Lipinski definition) is 5. The number of nitrogens with zero attached hydrogens (tertiary/aromatic N) is 4. The quantitative estimate of drug-likeness (QED) is 0.905. The summed E-state index contributed by atoms with van der Waals surface area (Å²) < 4.78 is 18.9. The number of ether oxygens (including phenoxy) is 1. The van der Waals surface area contributed by atoms with E-state index in [1.807, 2.05) is 4.90 Å². The highest BCUT2D eigenvalue weighted by atomic mass is 35.5. The zero-order chi connectivity index (χ0) is 17.8. The molecule has 2 amide bonds. The Labute approximate surface area is 149 Å². The molecule has 25 heavy (non-hydrogen) atoms. The molecule has 0 radical (unpaired) electrons. The lowest BCUT2D eigenvalue weighted by molar-refractivity contribution is 0.208. The van der Waals surface area contributed by atoms with Crippen LogP contribution in [-0.2, 0) is 0 Å². The molecule has 0 aliphatic carbocycles. The van der Waals surface area contributed by atoms with Crippen molar-refractivity contribution in [1.29, 1.82) is 0 Å². The number of carbonyl (C=O) groups is 1. The summed E-state index contributed by atoms with van der Waals surface area (Å²) in [7, 11) is 1.54. The van der Waals surface area contributed by atoms with Crippen LogP contribution in [0.2, 0.25) is 5.02 Å². The second kappa shape index (κ2) is 7.52. The Morgan fingerprint density at radius 1 is 1.28 bits per heavy atom. The molecular weight excluding hydrogens is 349 g/mol. The van der Waals surface area contributed by atoms with E-state index in [0.717, 1.165) is 5.82 Å². The van der Waals surface area contributed by atoms with Crippen LogP contribution >= 0.6 is 11.6 Å². The Morgan fingerprint density at radius 3 is 2.72 bits per heavy atom. The summed E-state index contributed by atoms with van der Waals surface area (Å²) >= 11 is 5.94. The first-order valence-electron chi connectivity index (χ1n) is 7.69. The van der Waals surface area contributed by atoms with E-state index in [1.54, 1.807) is 18.1 Å². The minimum absolute atomic E-state index is 0.00265. The molecule has 2 aromatic rings. The maximum absolute atomic E-state index is 13.8. The first kappa shape index (κ1) is 17.2. The van der Waals surface area contributed by atoms with Crippen molar-refractivity contribution in [3.8, 4) is 5.88 Å². The molecule has 1 aliphatic heterocycles. The van der Waals surface area contributed by atoms with E-state index in [4.69, 9.17) is 16.3 Å². The fourth-order valence-corrected chi connectivity index (χ4v) is 2.77. The van der Waals surface area contributed by atoms with Crippen LogP contribution in [0.25, 0.3) is 0 Å². The molecule has 2 heterocycles. The van der Waals surface area contributed by atoms with E-state index >= 15 is 0 Å². The van der Waals surface area contributed by atoms with Crippen LogP contribution in [0, 0.1) is 5.82 Å². The molecule has 3 rings (SSSR count). The van der Waals surface area contributed by atoms with Gasteiger partial charge in [0.1, 0.15) is 18.0 Å². The van der Waals surface area contributed by atoms with Gasteiger partial charge in [0, 0.05) is 32.2 Å². The van der Waals surface area contributed by atoms with Crippen LogP contribution in [0.4, 0.5) is 20.7 Å². The minimum atomic E-state index is -0.562. The van der Waals surface area contributed by atoms with Gasteiger partial charge in [0.25, 0.3) is 0 Å². The van der Waals surface area contributed by atoms with Crippen molar-refractivity contribution >= 4 is 29.1 Å². The van der Waals surface area contributed by atoms with Gasteiger partial charge in [-0.15, -0.1) is 0 Å². The Bertz CT molecular complexity index is 748. The number of methoxy groups -OCH3 is 1. The van der Waals surface area contributed by atoms with Crippen LogP contribution in [0.1, 0.15) is 0 Å². The first-order chi connectivity index (χ1) is 12.1. The number of hydrogen-bond donors (Lipinski definition) is 1. The number of amides is 2. The Hall–Kier alpha value is -2.61. The molecule has 1 N–H and O–H groups in total. The molecule has 0 bridgehead atoms. The van der Waals surface area contributed by atoms with Crippen LogP contribution in [0.5, 0.6) is 5.88 Å². The molecule has 1 fully saturated rings. The van der Waals surface area contributed by atoms with E-state index in [2.05, 4.69) is 15.3 Å². The second-order valence-corrected chi connectivity index (χ2v) is 5.83. The predicted octanol–water partition coefficient (Wildman–Crippen LogP) is 2.63. The molecule has 0 spiro atoms. The normalized spacial score (nSPS) is 14.4. The predicted molar refractivity (Wildman–Crippen MR) is 92.8 cm³/mol. The summed E-state index contributed by atoms with van der Waals surface area (Å²) in [5, 5.41) is 2.70. The number of carbonyl (C=O) groups excluding carboxylic acids is 1. The van der Waals surface area contributed by atoms with Gasteiger partial charge in [-0.05, 0) is 12.1 Å². The molecular formula is C16H17ClFN5O2. The van der Waals surface area contributed by atoms with E-state index in [9.17, 15) is 9.18 Å². The fraction of sp³-hybridized carbons (Fsp3) is 0.312. The van der Waals surface area contributed by atoms with E-state index in [1.165, 1.54) is 24.5 Å². The number of halogens is 2. The highest BCUT2D eigenvalue weighted by Crippen LogP contribution is 2.25. The maximum Gasteiger partial charge on any atom is 0.322 e. The summed E-state index contributed by atoms with van der Waals surface area (Å²) in [6.07, 6.45) is 1.44. The van der Waals surface area contributed by atoms with Crippen LogP contribution < -0.4 is 15.0 Å². The smallest absolute Gasteiger partial charge is 0.322 e. The van der Waals surface area contributed by atoms with E-state index < -0.39 is 5.82 Å². The summed E-state index contributed by atoms with van der Waals surface area (Å²) in [6, 6.07) is 5.63. The number of rotatable bonds is 3. The third-order valence-corrected chi connectivity index (χ3v) is 4.24. The van der Waals surface area contributed by atoms with Crippen molar-refractivity contribution in [2.24, 2.45) is 0 Å². The third-order valence-electron chi connectivity index (χ3n) is 3.92. The molecule has 9 heteroatoms. The Kier molecular flexibility index (Phi) is 5.18. The number of aromatic nitrogens is 2. The summed E-state index contributed by atoms with van der Waals surface area (Å²) in [5.74, 6) is 0.663. The maximum atomic E-state index is 13.8. The SMILES string of the molecule is COc1cc(N2CCN(C(=O)Nc3c(F)cccc3Cl)CC2)ncn1. The highest BCUT2D eigenvalue weighted by Gasteiger charge is 2.23. The Balaban J connectivity index is 1.61. The number of anilines is 2. The molecule has 7 nitrogen and oxygen atoms in total. The lowest BCUT2D eigenvalue weighted by atomic mass is 10.3. The molecule has 0 atom stereocenters. The molecule has 132 valence electrons. The molecule has 1 aromatic heterocycles. The largest absolute Gasteiger partial charge is 0.481 e. The van der Waals surface area contributed by atoms with Gasteiger partial charge in [0.2, 0.25) is 5.88 Å². The number of piperazine rings is 1. The zero-order valence-electron chi connectivity index (χ0n) is 13.6. The van der Waals surface area contributed by atoms with Crippen LogP contribution in [-0.4, -0.2) is 54.2 Å². The highest BCUT2D eigenvalue weighted by molar-refractivity contribution is 6.33. The minimum Gasteiger partial charge on any atom is -0.481 e. The van der Waals surface area contributed by atoms with Crippen molar-refractivity contribution in [2.75, 3.05) is 43.5 Å². The lowest BCUT2D eigenvalue weighted by Gasteiger charge is -2.35.